The van der Waals surface area contributed by atoms with Crippen molar-refractivity contribution >= 4 is 52.4 Å². The highest BCUT2D eigenvalue weighted by Gasteiger charge is 2.52. The maximum atomic E-state index is 12.3. The first-order valence-electron chi connectivity index (χ1n) is 6.89. The molecule has 126 valence electrons. The van der Waals surface area contributed by atoms with Gasteiger partial charge in [-0.25, -0.2) is 4.79 Å². The van der Waals surface area contributed by atoms with E-state index in [1.165, 1.54) is 12.3 Å². The summed E-state index contributed by atoms with van der Waals surface area (Å²) in [5.41, 5.74) is -0.224. The van der Waals surface area contributed by atoms with Gasteiger partial charge in [0, 0.05) is 5.92 Å². The first kappa shape index (κ1) is 17.5. The van der Waals surface area contributed by atoms with Crippen molar-refractivity contribution in [2.75, 3.05) is 6.61 Å². The van der Waals surface area contributed by atoms with Crippen LogP contribution >= 0.6 is 46.4 Å². The van der Waals surface area contributed by atoms with Crippen molar-refractivity contribution in [1.82, 2.24) is 9.78 Å². The molecule has 0 bridgehead atoms. The molecule has 2 aromatic rings. The Labute approximate surface area is 157 Å². The van der Waals surface area contributed by atoms with Crippen LogP contribution in [0, 0.1) is 5.92 Å². The fraction of sp³-hybridized carbons (Fsp3) is 0.267. The summed E-state index contributed by atoms with van der Waals surface area (Å²) in [7, 11) is 0. The lowest BCUT2D eigenvalue weighted by atomic mass is 10.2. The number of alkyl halides is 2. The third kappa shape index (κ3) is 3.40. The van der Waals surface area contributed by atoms with Crippen molar-refractivity contribution in [3.05, 3.63) is 56.4 Å². The van der Waals surface area contributed by atoms with Crippen LogP contribution in [0.5, 0.6) is 0 Å². The minimum atomic E-state index is -0.831. The van der Waals surface area contributed by atoms with Crippen molar-refractivity contribution in [3.8, 4) is 5.69 Å². The van der Waals surface area contributed by atoms with E-state index < -0.39 is 15.9 Å². The molecule has 0 N–H and O–H groups in total. The number of rotatable bonds is 4. The van der Waals surface area contributed by atoms with Crippen LogP contribution in [0.4, 0.5) is 0 Å². The third-order valence-corrected chi connectivity index (χ3v) is 5.27. The van der Waals surface area contributed by atoms with E-state index in [0.717, 1.165) is 4.68 Å². The van der Waals surface area contributed by atoms with Gasteiger partial charge in [0.2, 0.25) is 0 Å². The zero-order valence-corrected chi connectivity index (χ0v) is 15.0. The largest absolute Gasteiger partial charge is 0.462 e. The highest BCUT2D eigenvalue weighted by Crippen LogP contribution is 2.53. The average molecular weight is 408 g/mol. The van der Waals surface area contributed by atoms with E-state index in [2.05, 4.69) is 5.10 Å². The summed E-state index contributed by atoms with van der Waals surface area (Å²) >= 11 is 23.4. The molecule has 1 fully saturated rings. The van der Waals surface area contributed by atoms with Crippen LogP contribution < -0.4 is 5.56 Å². The molecule has 1 aliphatic rings. The Kier molecular flexibility index (Phi) is 4.80. The second-order valence-electron chi connectivity index (χ2n) is 5.30. The molecule has 0 aliphatic heterocycles. The van der Waals surface area contributed by atoms with Gasteiger partial charge in [0.1, 0.15) is 9.36 Å². The molecule has 1 aromatic carbocycles. The Bertz CT molecular complexity index is 866. The van der Waals surface area contributed by atoms with Crippen molar-refractivity contribution in [1.29, 1.82) is 0 Å². The number of aromatic nitrogens is 2. The van der Waals surface area contributed by atoms with Gasteiger partial charge in [-0.3, -0.25) is 4.79 Å². The van der Waals surface area contributed by atoms with Gasteiger partial charge in [-0.1, -0.05) is 35.3 Å². The molecule has 9 heteroatoms. The van der Waals surface area contributed by atoms with Gasteiger partial charge in [-0.2, -0.15) is 9.78 Å². The highest BCUT2D eigenvalue weighted by atomic mass is 35.5. The maximum Gasteiger partial charge on any atom is 0.340 e. The van der Waals surface area contributed by atoms with E-state index >= 15 is 0 Å². The Hall–Kier alpha value is -1.27. The van der Waals surface area contributed by atoms with Gasteiger partial charge in [-0.15, -0.1) is 23.2 Å². The van der Waals surface area contributed by atoms with Crippen LogP contribution in [-0.2, 0) is 4.74 Å². The second-order valence-corrected chi connectivity index (χ2v) is 7.63. The summed E-state index contributed by atoms with van der Waals surface area (Å²) < 4.78 is 5.40. The number of halogens is 4. The molecule has 0 unspecified atom stereocenters. The van der Waals surface area contributed by atoms with Crippen molar-refractivity contribution < 1.29 is 9.53 Å². The molecular formula is C15H10Cl4N2O3. The number of esters is 1. The van der Waals surface area contributed by atoms with Gasteiger partial charge in [0.05, 0.1) is 29.1 Å². The van der Waals surface area contributed by atoms with E-state index in [1.54, 1.807) is 18.2 Å². The predicted octanol–water partition coefficient (Wildman–Crippen LogP) is 3.89. The first-order chi connectivity index (χ1) is 11.3. The van der Waals surface area contributed by atoms with Gasteiger partial charge in [0.15, 0.2) is 0 Å². The van der Waals surface area contributed by atoms with Gasteiger partial charge in [-0.05, 0) is 18.6 Å². The van der Waals surface area contributed by atoms with Crippen LogP contribution in [0.3, 0.4) is 0 Å². The van der Waals surface area contributed by atoms with Crippen molar-refractivity contribution in [3.63, 3.8) is 0 Å². The molecule has 0 spiro atoms. The fourth-order valence-corrected chi connectivity index (χ4v) is 2.87. The van der Waals surface area contributed by atoms with Crippen molar-refractivity contribution in [2.24, 2.45) is 5.92 Å². The lowest BCUT2D eigenvalue weighted by molar-refractivity contribution is 0.0485. The zero-order chi connectivity index (χ0) is 17.5. The molecule has 0 radical (unpaired) electrons. The standard InChI is InChI=1S/C15H10Cl4N2O3/c16-10-6-20-21(13(22)12(10)17)11-4-2-1-3-9(11)14(23)24-7-8-5-15(8,18)19/h1-4,6,8H,5,7H2/t8-/m1/s1. The quantitative estimate of drug-likeness (QED) is 0.569. The molecule has 0 amide bonds. The van der Waals surface area contributed by atoms with E-state index in [-0.39, 0.29) is 33.8 Å². The molecule has 1 atom stereocenters. The Balaban J connectivity index is 1.90. The van der Waals surface area contributed by atoms with Gasteiger partial charge >= 0.3 is 5.97 Å². The smallest absolute Gasteiger partial charge is 0.340 e. The van der Waals surface area contributed by atoms with E-state index in [1.807, 2.05) is 0 Å². The van der Waals surface area contributed by atoms with Crippen molar-refractivity contribution in [2.45, 2.75) is 10.8 Å². The second kappa shape index (κ2) is 6.56. The Morgan fingerprint density at radius 3 is 2.67 bits per heavy atom. The van der Waals surface area contributed by atoms with E-state index in [4.69, 9.17) is 51.1 Å². The fourth-order valence-electron chi connectivity index (χ4n) is 2.12. The first-order valence-corrected chi connectivity index (χ1v) is 8.40. The van der Waals surface area contributed by atoms with Gasteiger partial charge in [0.25, 0.3) is 5.56 Å². The third-order valence-electron chi connectivity index (χ3n) is 3.60. The summed E-state index contributed by atoms with van der Waals surface area (Å²) in [6, 6.07) is 6.38. The number of carbonyl (C=O) groups is 1. The molecule has 24 heavy (non-hydrogen) atoms. The summed E-state index contributed by atoms with van der Waals surface area (Å²) in [4.78, 5) is 24.6. The number of para-hydroxylation sites is 1. The summed E-state index contributed by atoms with van der Waals surface area (Å²) in [6.45, 7) is 0.101. The van der Waals surface area contributed by atoms with Gasteiger partial charge < -0.3 is 4.74 Å². The molecule has 1 saturated carbocycles. The molecule has 1 heterocycles. The minimum Gasteiger partial charge on any atom is -0.462 e. The Morgan fingerprint density at radius 1 is 1.33 bits per heavy atom. The van der Waals surface area contributed by atoms with Crippen LogP contribution in [0.1, 0.15) is 16.8 Å². The predicted molar refractivity (Wildman–Crippen MR) is 92.7 cm³/mol. The highest BCUT2D eigenvalue weighted by molar-refractivity contribution is 6.50. The number of benzene rings is 1. The lowest BCUT2D eigenvalue weighted by Crippen LogP contribution is -2.24. The number of ether oxygens (including phenoxy) is 1. The minimum absolute atomic E-state index is 0.0345. The molecular weight excluding hydrogens is 398 g/mol. The van der Waals surface area contributed by atoms with Crippen LogP contribution in [0.2, 0.25) is 10.0 Å². The molecule has 0 saturated heterocycles. The number of carbonyl (C=O) groups excluding carboxylic acids is 1. The summed E-state index contributed by atoms with van der Waals surface area (Å²) in [6.07, 6.45) is 1.80. The van der Waals surface area contributed by atoms with Crippen LogP contribution in [0.25, 0.3) is 5.69 Å². The topological polar surface area (TPSA) is 61.2 Å². The van der Waals surface area contributed by atoms with Crippen LogP contribution in [0.15, 0.2) is 35.3 Å². The monoisotopic (exact) mass is 406 g/mol. The molecule has 1 aliphatic carbocycles. The van der Waals surface area contributed by atoms with E-state index in [9.17, 15) is 9.59 Å². The molecule has 1 aromatic heterocycles. The molecule has 5 nitrogen and oxygen atoms in total. The number of hydrogen-bond acceptors (Lipinski definition) is 4. The van der Waals surface area contributed by atoms with E-state index in [0.29, 0.717) is 6.42 Å². The molecule has 3 rings (SSSR count). The Morgan fingerprint density at radius 2 is 2.00 bits per heavy atom. The normalized spacial score (nSPS) is 18.2. The van der Waals surface area contributed by atoms with Crippen LogP contribution in [-0.4, -0.2) is 26.7 Å². The number of hydrogen-bond donors (Lipinski definition) is 0. The zero-order valence-electron chi connectivity index (χ0n) is 12.0. The SMILES string of the molecule is O=C(OC[C@H]1CC1(Cl)Cl)c1ccccc1-n1ncc(Cl)c(Cl)c1=O. The average Bonchev–Trinajstić information content (AvgIpc) is 3.17. The number of nitrogens with zero attached hydrogens (tertiary/aromatic N) is 2. The summed E-state index contributed by atoms with van der Waals surface area (Å²) in [5.74, 6) is -0.704. The summed E-state index contributed by atoms with van der Waals surface area (Å²) in [5, 5.41) is 3.78. The lowest BCUT2D eigenvalue weighted by Gasteiger charge is -2.11. The maximum absolute atomic E-state index is 12.3.